The number of rotatable bonds is 5. The molecule has 7 nitrogen and oxygen atoms in total. The Hall–Kier alpha value is -2.19. The minimum absolute atomic E-state index is 0.229. The molecule has 0 amide bonds. The number of aryl methyl sites for hydroxylation is 1. The maximum absolute atomic E-state index is 5.41. The quantitative estimate of drug-likeness (QED) is 0.715. The average molecular weight is 303 g/mol. The molecular formula is C13H13N5O2S. The lowest BCUT2D eigenvalue weighted by molar-refractivity contribution is 0.414. The highest BCUT2D eigenvalue weighted by molar-refractivity contribution is 7.98. The molecule has 2 aromatic heterocycles. The number of aromatic nitrogens is 4. The number of hydrogen-bond acceptors (Lipinski definition) is 8. The topological polar surface area (TPSA) is 104 Å². The monoisotopic (exact) mass is 303 g/mol. The molecular weight excluding hydrogens is 290 g/mol. The molecule has 0 bridgehead atoms. The first kappa shape index (κ1) is 13.8. The van der Waals surface area contributed by atoms with Crippen LogP contribution in [0.4, 0.5) is 0 Å². The van der Waals surface area contributed by atoms with E-state index in [9.17, 15) is 0 Å². The van der Waals surface area contributed by atoms with E-state index in [-0.39, 0.29) is 6.54 Å². The van der Waals surface area contributed by atoms with Crippen LogP contribution in [0.25, 0.3) is 11.5 Å². The number of benzene rings is 1. The second kappa shape index (κ2) is 6.06. The van der Waals surface area contributed by atoms with Crippen molar-refractivity contribution < 1.29 is 8.94 Å². The van der Waals surface area contributed by atoms with Crippen molar-refractivity contribution in [2.24, 2.45) is 5.73 Å². The van der Waals surface area contributed by atoms with E-state index in [2.05, 4.69) is 20.3 Å². The van der Waals surface area contributed by atoms with Crippen molar-refractivity contribution in [3.8, 4) is 11.5 Å². The predicted molar refractivity (Wildman–Crippen MR) is 76.2 cm³/mol. The molecule has 0 atom stereocenters. The van der Waals surface area contributed by atoms with Gasteiger partial charge in [-0.2, -0.15) is 4.98 Å². The van der Waals surface area contributed by atoms with Crippen molar-refractivity contribution in [1.29, 1.82) is 0 Å². The molecule has 0 saturated carbocycles. The number of nitrogens with zero attached hydrogens (tertiary/aromatic N) is 4. The van der Waals surface area contributed by atoms with Crippen LogP contribution in [-0.4, -0.2) is 20.3 Å². The first-order valence-corrected chi connectivity index (χ1v) is 7.28. The second-order valence-electron chi connectivity index (χ2n) is 4.34. The van der Waals surface area contributed by atoms with Crippen LogP contribution < -0.4 is 5.73 Å². The van der Waals surface area contributed by atoms with Crippen molar-refractivity contribution in [2.75, 3.05) is 0 Å². The van der Waals surface area contributed by atoms with Gasteiger partial charge in [-0.15, -0.1) is 10.2 Å². The Balaban J connectivity index is 1.67. The number of nitrogens with two attached hydrogens (primary N) is 1. The normalized spacial score (nSPS) is 11.0. The standard InChI is InChI=1S/C13H13N5O2S/c1-8-3-2-4-9(5-8)12-15-10(18-20-12)7-21-13-17-16-11(6-14)19-13/h2-5H,6-7,14H2,1H3. The molecule has 0 saturated heterocycles. The highest BCUT2D eigenvalue weighted by Gasteiger charge is 2.11. The molecule has 0 aliphatic heterocycles. The minimum atomic E-state index is 0.229. The molecule has 3 aromatic rings. The summed E-state index contributed by atoms with van der Waals surface area (Å²) in [7, 11) is 0. The number of thioether (sulfide) groups is 1. The minimum Gasteiger partial charge on any atom is -0.415 e. The van der Waals surface area contributed by atoms with Gasteiger partial charge in [-0.05, 0) is 19.1 Å². The zero-order chi connectivity index (χ0) is 14.7. The Morgan fingerprint density at radius 2 is 2.19 bits per heavy atom. The van der Waals surface area contributed by atoms with E-state index in [1.165, 1.54) is 11.8 Å². The highest BCUT2D eigenvalue weighted by Crippen LogP contribution is 2.23. The van der Waals surface area contributed by atoms with Gasteiger partial charge in [-0.3, -0.25) is 0 Å². The molecule has 1 aromatic carbocycles. The van der Waals surface area contributed by atoms with Crippen LogP contribution in [0.1, 0.15) is 17.3 Å². The largest absolute Gasteiger partial charge is 0.415 e. The van der Waals surface area contributed by atoms with Gasteiger partial charge >= 0.3 is 0 Å². The summed E-state index contributed by atoms with van der Waals surface area (Å²) in [5.74, 6) is 1.97. The third-order valence-electron chi connectivity index (χ3n) is 2.68. The molecule has 0 unspecified atom stereocenters. The summed E-state index contributed by atoms with van der Waals surface area (Å²) in [6.07, 6.45) is 0. The van der Waals surface area contributed by atoms with E-state index in [1.54, 1.807) is 0 Å². The average Bonchev–Trinajstić information content (AvgIpc) is 3.14. The van der Waals surface area contributed by atoms with Crippen LogP contribution in [0, 0.1) is 6.92 Å². The lowest BCUT2D eigenvalue weighted by Crippen LogP contribution is -1.95. The van der Waals surface area contributed by atoms with Gasteiger partial charge in [0, 0.05) is 5.56 Å². The van der Waals surface area contributed by atoms with Crippen LogP contribution in [0.15, 0.2) is 38.4 Å². The lowest BCUT2D eigenvalue weighted by Gasteiger charge is -1.95. The molecule has 21 heavy (non-hydrogen) atoms. The van der Waals surface area contributed by atoms with E-state index in [0.717, 1.165) is 11.1 Å². The van der Waals surface area contributed by atoms with Gasteiger partial charge in [0.25, 0.3) is 11.1 Å². The van der Waals surface area contributed by atoms with Crippen molar-refractivity contribution in [3.05, 3.63) is 41.5 Å². The first-order chi connectivity index (χ1) is 10.2. The fourth-order valence-electron chi connectivity index (χ4n) is 1.71. The molecule has 3 rings (SSSR count). The SMILES string of the molecule is Cc1cccc(-c2nc(CSc3nnc(CN)o3)no2)c1. The van der Waals surface area contributed by atoms with E-state index in [1.807, 2.05) is 31.2 Å². The second-order valence-corrected chi connectivity index (χ2v) is 5.27. The van der Waals surface area contributed by atoms with Crippen LogP contribution in [0.5, 0.6) is 0 Å². The summed E-state index contributed by atoms with van der Waals surface area (Å²) < 4.78 is 10.6. The molecule has 2 N–H and O–H groups in total. The molecule has 108 valence electrons. The summed E-state index contributed by atoms with van der Waals surface area (Å²) in [5.41, 5.74) is 7.45. The molecule has 0 aliphatic carbocycles. The molecule has 2 heterocycles. The predicted octanol–water partition coefficient (Wildman–Crippen LogP) is 2.18. The van der Waals surface area contributed by atoms with E-state index in [4.69, 9.17) is 14.7 Å². The summed E-state index contributed by atoms with van der Waals surface area (Å²) in [6, 6.07) is 7.90. The van der Waals surface area contributed by atoms with Gasteiger partial charge < -0.3 is 14.7 Å². The Labute approximate surface area is 124 Å². The summed E-state index contributed by atoms with van der Waals surface area (Å²) in [5, 5.41) is 12.0. The molecule has 0 radical (unpaired) electrons. The molecule has 0 fully saturated rings. The third-order valence-corrected chi connectivity index (χ3v) is 3.50. The van der Waals surface area contributed by atoms with Crippen molar-refractivity contribution >= 4 is 11.8 Å². The van der Waals surface area contributed by atoms with Crippen LogP contribution in [0.2, 0.25) is 0 Å². The van der Waals surface area contributed by atoms with E-state index < -0.39 is 0 Å². The van der Waals surface area contributed by atoms with Crippen molar-refractivity contribution in [2.45, 2.75) is 24.4 Å². The zero-order valence-corrected chi connectivity index (χ0v) is 12.1. The fourth-order valence-corrected chi connectivity index (χ4v) is 2.34. The Morgan fingerprint density at radius 3 is 2.95 bits per heavy atom. The van der Waals surface area contributed by atoms with Crippen LogP contribution in [-0.2, 0) is 12.3 Å². The van der Waals surface area contributed by atoms with Crippen molar-refractivity contribution in [3.63, 3.8) is 0 Å². The maximum atomic E-state index is 5.41. The number of hydrogen-bond donors (Lipinski definition) is 1. The first-order valence-electron chi connectivity index (χ1n) is 6.29. The molecule has 8 heteroatoms. The Bertz CT molecular complexity index is 740. The van der Waals surface area contributed by atoms with Gasteiger partial charge in [0.1, 0.15) is 0 Å². The van der Waals surface area contributed by atoms with Gasteiger partial charge in [-0.25, -0.2) is 0 Å². The van der Waals surface area contributed by atoms with Gasteiger partial charge in [-0.1, -0.05) is 34.6 Å². The van der Waals surface area contributed by atoms with Crippen molar-refractivity contribution in [1.82, 2.24) is 20.3 Å². The fraction of sp³-hybridized carbons (Fsp3) is 0.231. The highest BCUT2D eigenvalue weighted by atomic mass is 32.2. The lowest BCUT2D eigenvalue weighted by atomic mass is 10.1. The van der Waals surface area contributed by atoms with Crippen LogP contribution in [0.3, 0.4) is 0 Å². The van der Waals surface area contributed by atoms with Gasteiger partial charge in [0.15, 0.2) is 5.82 Å². The Kier molecular flexibility index (Phi) is 3.98. The molecule has 0 spiro atoms. The van der Waals surface area contributed by atoms with Crippen LogP contribution >= 0.6 is 11.8 Å². The summed E-state index contributed by atoms with van der Waals surface area (Å²) >= 11 is 1.34. The van der Waals surface area contributed by atoms with E-state index in [0.29, 0.717) is 28.6 Å². The Morgan fingerprint density at radius 1 is 1.29 bits per heavy atom. The summed E-state index contributed by atoms with van der Waals surface area (Å²) in [4.78, 5) is 4.35. The zero-order valence-electron chi connectivity index (χ0n) is 11.3. The smallest absolute Gasteiger partial charge is 0.277 e. The third kappa shape index (κ3) is 3.29. The van der Waals surface area contributed by atoms with Gasteiger partial charge in [0.05, 0.1) is 12.3 Å². The summed E-state index contributed by atoms with van der Waals surface area (Å²) in [6.45, 7) is 2.24. The van der Waals surface area contributed by atoms with E-state index >= 15 is 0 Å². The maximum Gasteiger partial charge on any atom is 0.277 e. The van der Waals surface area contributed by atoms with Gasteiger partial charge in [0.2, 0.25) is 5.89 Å². The molecule has 0 aliphatic rings.